The summed E-state index contributed by atoms with van der Waals surface area (Å²) in [4.78, 5) is 7.43. The van der Waals surface area contributed by atoms with Gasteiger partial charge in [0, 0.05) is 37.3 Å². The molecule has 1 aliphatic rings. The third-order valence-electron chi connectivity index (χ3n) is 6.06. The van der Waals surface area contributed by atoms with Gasteiger partial charge in [-0.15, -0.1) is 0 Å². The zero-order valence-electron chi connectivity index (χ0n) is 18.5. The summed E-state index contributed by atoms with van der Waals surface area (Å²) in [6.07, 6.45) is 1.68. The second-order valence-electron chi connectivity index (χ2n) is 8.39. The Kier molecular flexibility index (Phi) is 5.38. The molecule has 0 saturated carbocycles. The molecule has 5 rings (SSSR count). The van der Waals surface area contributed by atoms with Gasteiger partial charge in [0.1, 0.15) is 5.82 Å². The van der Waals surface area contributed by atoms with Gasteiger partial charge < -0.3 is 4.90 Å². The molecule has 1 aliphatic heterocycles. The predicted octanol–water partition coefficient (Wildman–Crippen LogP) is 5.38. The smallest absolute Gasteiger partial charge is 0.242 e. The lowest BCUT2D eigenvalue weighted by molar-refractivity contribution is 0.520. The normalized spacial score (nSPS) is 14.0. The minimum atomic E-state index is -3.51. The molecule has 0 atom stereocenters. The lowest BCUT2D eigenvalue weighted by Gasteiger charge is -2.33. The van der Waals surface area contributed by atoms with Crippen LogP contribution in [0.5, 0.6) is 0 Å². The minimum Gasteiger partial charge on any atom is -0.339 e. The van der Waals surface area contributed by atoms with Crippen LogP contribution in [-0.4, -0.2) is 38.3 Å². The molecule has 5 nitrogen and oxygen atoms in total. The number of hydrogen-bond acceptors (Lipinski definition) is 4. The highest BCUT2D eigenvalue weighted by Gasteiger charge is 2.25. The fourth-order valence-electron chi connectivity index (χ4n) is 4.33. The first kappa shape index (κ1) is 21.6. The number of pyridine rings is 1. The summed E-state index contributed by atoms with van der Waals surface area (Å²) in [5.41, 5.74) is 5.35. The quantitative estimate of drug-likeness (QED) is 0.410. The molecule has 0 aliphatic carbocycles. The Bertz CT molecular complexity index is 1450. The van der Waals surface area contributed by atoms with Gasteiger partial charge in [-0.1, -0.05) is 18.2 Å². The summed E-state index contributed by atoms with van der Waals surface area (Å²) in [7, 11) is -0.433. The molecule has 7 heteroatoms. The largest absolute Gasteiger partial charge is 0.339 e. The van der Waals surface area contributed by atoms with E-state index in [-0.39, 0.29) is 5.82 Å². The lowest BCUT2D eigenvalue weighted by Crippen LogP contribution is -2.26. The van der Waals surface area contributed by atoms with Crippen molar-refractivity contribution in [3.05, 3.63) is 84.2 Å². The van der Waals surface area contributed by atoms with Crippen molar-refractivity contribution >= 4 is 32.3 Å². The molecule has 1 aromatic heterocycles. The number of aryl methyl sites for hydroxylation is 1. The van der Waals surface area contributed by atoms with Crippen molar-refractivity contribution in [3.63, 3.8) is 0 Å². The molecule has 0 amide bonds. The molecular formula is C26H24FN3O2S. The van der Waals surface area contributed by atoms with Crippen molar-refractivity contribution in [1.29, 1.82) is 0 Å². The number of para-hydroxylation sites is 1. The second-order valence-corrected chi connectivity index (χ2v) is 10.5. The van der Waals surface area contributed by atoms with E-state index in [1.54, 1.807) is 24.3 Å². The van der Waals surface area contributed by atoms with Crippen LogP contribution >= 0.6 is 0 Å². The van der Waals surface area contributed by atoms with E-state index in [4.69, 9.17) is 4.98 Å². The maximum absolute atomic E-state index is 13.6. The Hall–Kier alpha value is -3.29. The van der Waals surface area contributed by atoms with Gasteiger partial charge >= 0.3 is 0 Å². The van der Waals surface area contributed by atoms with Crippen LogP contribution in [0.2, 0.25) is 0 Å². The lowest BCUT2D eigenvalue weighted by atomic mass is 9.99. The SMILES string of the molecule is CN(C)S(=O)(=O)c1ccc2c(c1)CCCN2c1cc2ccccc2nc1-c1ccc(F)cc1. The van der Waals surface area contributed by atoms with E-state index in [9.17, 15) is 12.8 Å². The first-order valence-electron chi connectivity index (χ1n) is 10.8. The molecule has 0 spiro atoms. The first-order chi connectivity index (χ1) is 15.8. The monoisotopic (exact) mass is 461 g/mol. The van der Waals surface area contributed by atoms with Crippen LogP contribution in [0.15, 0.2) is 77.7 Å². The highest BCUT2D eigenvalue weighted by Crippen LogP contribution is 2.40. The van der Waals surface area contributed by atoms with E-state index < -0.39 is 10.0 Å². The Balaban J connectivity index is 1.69. The summed E-state index contributed by atoms with van der Waals surface area (Å²) in [5.74, 6) is -0.293. The van der Waals surface area contributed by atoms with Gasteiger partial charge in [0.15, 0.2) is 0 Å². The second kappa shape index (κ2) is 8.24. The van der Waals surface area contributed by atoms with Gasteiger partial charge in [-0.3, -0.25) is 0 Å². The number of aromatic nitrogens is 1. The molecule has 0 saturated heterocycles. The average Bonchev–Trinajstić information content (AvgIpc) is 2.83. The van der Waals surface area contributed by atoms with E-state index in [0.717, 1.165) is 58.5 Å². The molecule has 0 N–H and O–H groups in total. The Morgan fingerprint density at radius 3 is 2.45 bits per heavy atom. The molecule has 3 aromatic carbocycles. The summed E-state index contributed by atoms with van der Waals surface area (Å²) in [5, 5.41) is 1.01. The number of fused-ring (bicyclic) bond motifs is 2. The molecule has 2 heterocycles. The molecule has 33 heavy (non-hydrogen) atoms. The van der Waals surface area contributed by atoms with Crippen LogP contribution in [0.4, 0.5) is 15.8 Å². The minimum absolute atomic E-state index is 0.293. The predicted molar refractivity (Wildman–Crippen MR) is 130 cm³/mol. The molecule has 0 unspecified atom stereocenters. The number of sulfonamides is 1. The van der Waals surface area contributed by atoms with Crippen LogP contribution in [0.1, 0.15) is 12.0 Å². The molecule has 0 bridgehead atoms. The first-order valence-corrected chi connectivity index (χ1v) is 12.3. The number of benzene rings is 3. The highest BCUT2D eigenvalue weighted by atomic mass is 32.2. The average molecular weight is 462 g/mol. The third kappa shape index (κ3) is 3.87. The van der Waals surface area contributed by atoms with Crippen LogP contribution in [0.3, 0.4) is 0 Å². The third-order valence-corrected chi connectivity index (χ3v) is 7.87. The summed E-state index contributed by atoms with van der Waals surface area (Å²) in [6, 6.07) is 21.7. The van der Waals surface area contributed by atoms with Crippen LogP contribution in [-0.2, 0) is 16.4 Å². The van der Waals surface area contributed by atoms with E-state index in [1.807, 2.05) is 30.3 Å². The molecule has 4 aromatic rings. The Morgan fingerprint density at radius 2 is 1.70 bits per heavy atom. The van der Waals surface area contributed by atoms with E-state index in [0.29, 0.717) is 4.90 Å². The van der Waals surface area contributed by atoms with Crippen molar-refractivity contribution in [2.24, 2.45) is 0 Å². The van der Waals surface area contributed by atoms with Gasteiger partial charge in [-0.2, -0.15) is 0 Å². The molecular weight excluding hydrogens is 437 g/mol. The summed E-state index contributed by atoms with van der Waals surface area (Å²) < 4.78 is 40.2. The Labute approximate surface area is 193 Å². The van der Waals surface area contributed by atoms with Gasteiger partial charge in [0.05, 0.1) is 21.8 Å². The summed E-state index contributed by atoms with van der Waals surface area (Å²) >= 11 is 0. The van der Waals surface area contributed by atoms with E-state index in [2.05, 4.69) is 11.0 Å². The van der Waals surface area contributed by atoms with Crippen molar-refractivity contribution in [2.75, 3.05) is 25.5 Å². The summed E-state index contributed by atoms with van der Waals surface area (Å²) in [6.45, 7) is 0.779. The molecule has 168 valence electrons. The van der Waals surface area contributed by atoms with Crippen LogP contribution < -0.4 is 4.90 Å². The van der Waals surface area contributed by atoms with E-state index >= 15 is 0 Å². The number of halogens is 1. The van der Waals surface area contributed by atoms with Gasteiger partial charge in [-0.05, 0) is 73.0 Å². The van der Waals surface area contributed by atoms with Gasteiger partial charge in [0.25, 0.3) is 0 Å². The van der Waals surface area contributed by atoms with Crippen molar-refractivity contribution in [2.45, 2.75) is 17.7 Å². The Morgan fingerprint density at radius 1 is 0.939 bits per heavy atom. The van der Waals surface area contributed by atoms with Crippen LogP contribution in [0.25, 0.3) is 22.2 Å². The van der Waals surface area contributed by atoms with Gasteiger partial charge in [-0.25, -0.2) is 22.1 Å². The van der Waals surface area contributed by atoms with Crippen molar-refractivity contribution in [3.8, 4) is 11.3 Å². The highest BCUT2D eigenvalue weighted by molar-refractivity contribution is 7.89. The topological polar surface area (TPSA) is 53.5 Å². The van der Waals surface area contributed by atoms with Gasteiger partial charge in [0.2, 0.25) is 10.0 Å². The maximum atomic E-state index is 13.6. The standard InChI is InChI=1S/C26H24FN3O2S/c1-29(2)33(31,32)22-13-14-24-20(16-22)7-5-15-30(24)25-17-19-6-3-4-8-23(19)28-26(25)18-9-11-21(27)12-10-18/h3-4,6,8-14,16-17H,5,7,15H2,1-2H3. The van der Waals surface area contributed by atoms with Crippen LogP contribution in [0, 0.1) is 5.82 Å². The number of hydrogen-bond donors (Lipinski definition) is 0. The molecule has 0 radical (unpaired) electrons. The number of anilines is 2. The number of nitrogens with zero attached hydrogens (tertiary/aromatic N) is 3. The van der Waals surface area contributed by atoms with Crippen molar-refractivity contribution < 1.29 is 12.8 Å². The maximum Gasteiger partial charge on any atom is 0.242 e. The van der Waals surface area contributed by atoms with Crippen molar-refractivity contribution in [1.82, 2.24) is 9.29 Å². The fourth-order valence-corrected chi connectivity index (χ4v) is 5.28. The number of rotatable bonds is 4. The zero-order chi connectivity index (χ0) is 23.2. The fraction of sp³-hybridized carbons (Fsp3) is 0.192. The van der Waals surface area contributed by atoms with E-state index in [1.165, 1.54) is 30.5 Å². The zero-order valence-corrected chi connectivity index (χ0v) is 19.3. The molecule has 0 fully saturated rings.